The fourth-order valence-corrected chi connectivity index (χ4v) is 0.720. The first-order chi connectivity index (χ1) is 4.20. The molecule has 48 valence electrons. The van der Waals surface area contributed by atoms with Gasteiger partial charge >= 0.3 is 0 Å². The van der Waals surface area contributed by atoms with Crippen LogP contribution >= 0.6 is 11.6 Å². The molecule has 0 N–H and O–H groups in total. The normalized spacial score (nSPS) is 26.2. The number of allylic oxidation sites excluding steroid dienone is 4. The molecule has 1 nitrogen and oxygen atoms in total. The number of ketones is 1. The summed E-state index contributed by atoms with van der Waals surface area (Å²) in [5.41, 5.74) is 0. The molecule has 0 saturated carbocycles. The molecule has 9 heavy (non-hydrogen) atoms. The van der Waals surface area contributed by atoms with Crippen molar-refractivity contribution in [2.75, 3.05) is 0 Å². The van der Waals surface area contributed by atoms with E-state index in [1.165, 1.54) is 6.08 Å². The molecular weight excluding hydrogens is 143 g/mol. The first-order valence-corrected chi connectivity index (χ1v) is 2.88. The molecule has 0 aromatic carbocycles. The minimum atomic E-state index is -0.766. The SMILES string of the molecule is O=C1C=CC(Cl)C=C1F. The summed E-state index contributed by atoms with van der Waals surface area (Å²) in [6.45, 7) is 0. The van der Waals surface area contributed by atoms with Crippen LogP contribution in [0.15, 0.2) is 24.1 Å². The molecule has 0 spiro atoms. The Balaban J connectivity index is 2.82. The summed E-state index contributed by atoms with van der Waals surface area (Å²) in [5, 5.41) is -0.470. The van der Waals surface area contributed by atoms with E-state index in [0.717, 1.165) is 12.2 Å². The third kappa shape index (κ3) is 1.39. The highest BCUT2D eigenvalue weighted by molar-refractivity contribution is 6.24. The van der Waals surface area contributed by atoms with Crippen molar-refractivity contribution in [3.63, 3.8) is 0 Å². The molecule has 1 aliphatic rings. The van der Waals surface area contributed by atoms with Gasteiger partial charge in [-0.25, -0.2) is 4.39 Å². The molecule has 1 rings (SSSR count). The van der Waals surface area contributed by atoms with E-state index in [2.05, 4.69) is 0 Å². The van der Waals surface area contributed by atoms with Gasteiger partial charge in [-0.1, -0.05) is 6.08 Å². The molecular formula is C6H4ClFO. The molecule has 0 saturated heterocycles. The molecule has 3 heteroatoms. The Labute approximate surface area is 56.8 Å². The predicted octanol–water partition coefficient (Wildman–Crippen LogP) is 1.59. The first-order valence-electron chi connectivity index (χ1n) is 2.44. The van der Waals surface area contributed by atoms with E-state index in [1.807, 2.05) is 0 Å². The van der Waals surface area contributed by atoms with Crippen LogP contribution in [-0.2, 0) is 4.79 Å². The number of halogens is 2. The minimum Gasteiger partial charge on any atom is -0.287 e. The van der Waals surface area contributed by atoms with Crippen LogP contribution in [0.2, 0.25) is 0 Å². The smallest absolute Gasteiger partial charge is 0.213 e. The largest absolute Gasteiger partial charge is 0.287 e. The summed E-state index contributed by atoms with van der Waals surface area (Å²) in [7, 11) is 0. The first kappa shape index (κ1) is 6.49. The maximum atomic E-state index is 12.2. The van der Waals surface area contributed by atoms with Crippen LogP contribution < -0.4 is 0 Å². The number of carbonyl (C=O) groups excluding carboxylic acids is 1. The maximum Gasteiger partial charge on any atom is 0.213 e. The fourth-order valence-electron chi connectivity index (χ4n) is 0.536. The van der Waals surface area contributed by atoms with Crippen molar-refractivity contribution in [2.45, 2.75) is 5.38 Å². The van der Waals surface area contributed by atoms with Gasteiger partial charge in [-0.15, -0.1) is 11.6 Å². The van der Waals surface area contributed by atoms with Crippen molar-refractivity contribution >= 4 is 17.4 Å². The average Bonchev–Trinajstić information content (AvgIpc) is 1.80. The lowest BCUT2D eigenvalue weighted by atomic mass is 10.2. The van der Waals surface area contributed by atoms with Crippen LogP contribution in [0.25, 0.3) is 0 Å². The highest BCUT2D eigenvalue weighted by atomic mass is 35.5. The zero-order valence-corrected chi connectivity index (χ0v) is 5.23. The summed E-state index contributed by atoms with van der Waals surface area (Å²) in [6.07, 6.45) is 3.64. The van der Waals surface area contributed by atoms with E-state index in [4.69, 9.17) is 11.6 Å². The monoisotopic (exact) mass is 146 g/mol. The molecule has 0 amide bonds. The maximum absolute atomic E-state index is 12.2. The van der Waals surface area contributed by atoms with Gasteiger partial charge < -0.3 is 0 Å². The lowest BCUT2D eigenvalue weighted by Gasteiger charge is -2.00. The van der Waals surface area contributed by atoms with E-state index in [0.29, 0.717) is 0 Å². The quantitative estimate of drug-likeness (QED) is 0.475. The average molecular weight is 147 g/mol. The van der Waals surface area contributed by atoms with Gasteiger partial charge in [-0.3, -0.25) is 4.79 Å². The summed E-state index contributed by atoms with van der Waals surface area (Å²) >= 11 is 5.42. The number of carbonyl (C=O) groups is 1. The fraction of sp³-hybridized carbons (Fsp3) is 0.167. The molecule has 0 bridgehead atoms. The van der Waals surface area contributed by atoms with Crippen molar-refractivity contribution < 1.29 is 9.18 Å². The number of hydrogen-bond acceptors (Lipinski definition) is 1. The predicted molar refractivity (Wildman–Crippen MR) is 33.0 cm³/mol. The summed E-state index contributed by atoms with van der Waals surface area (Å²) in [5.74, 6) is -1.37. The van der Waals surface area contributed by atoms with Gasteiger partial charge in [0.15, 0.2) is 5.83 Å². The van der Waals surface area contributed by atoms with Crippen molar-refractivity contribution in [3.05, 3.63) is 24.1 Å². The topological polar surface area (TPSA) is 17.1 Å². The molecule has 0 aromatic heterocycles. The lowest BCUT2D eigenvalue weighted by molar-refractivity contribution is -0.112. The molecule has 1 atom stereocenters. The van der Waals surface area contributed by atoms with Gasteiger partial charge in [-0.2, -0.15) is 0 Å². The van der Waals surface area contributed by atoms with Gasteiger partial charge in [0.05, 0.1) is 5.38 Å². The van der Waals surface area contributed by atoms with Crippen LogP contribution in [0.1, 0.15) is 0 Å². The molecule has 0 fully saturated rings. The van der Waals surface area contributed by atoms with E-state index < -0.39 is 17.0 Å². The van der Waals surface area contributed by atoms with Crippen molar-refractivity contribution in [2.24, 2.45) is 0 Å². The highest BCUT2D eigenvalue weighted by Gasteiger charge is 2.11. The van der Waals surface area contributed by atoms with Crippen LogP contribution in [-0.4, -0.2) is 11.2 Å². The van der Waals surface area contributed by atoms with Crippen LogP contribution in [0.3, 0.4) is 0 Å². The van der Waals surface area contributed by atoms with E-state index in [-0.39, 0.29) is 0 Å². The van der Waals surface area contributed by atoms with Gasteiger partial charge in [-0.05, 0) is 12.2 Å². The minimum absolute atomic E-state index is 0.470. The Morgan fingerprint density at radius 1 is 1.67 bits per heavy atom. The zero-order chi connectivity index (χ0) is 6.85. The summed E-state index contributed by atoms with van der Waals surface area (Å²) in [4.78, 5) is 10.4. The van der Waals surface area contributed by atoms with Crippen LogP contribution in [0.5, 0.6) is 0 Å². The van der Waals surface area contributed by atoms with Crippen molar-refractivity contribution in [3.8, 4) is 0 Å². The zero-order valence-electron chi connectivity index (χ0n) is 4.47. The molecule has 0 heterocycles. The van der Waals surface area contributed by atoms with E-state index >= 15 is 0 Å². The number of hydrogen-bond donors (Lipinski definition) is 0. The van der Waals surface area contributed by atoms with Crippen molar-refractivity contribution in [1.29, 1.82) is 0 Å². The second kappa shape index (κ2) is 2.31. The Morgan fingerprint density at radius 2 is 2.33 bits per heavy atom. The molecule has 1 unspecified atom stereocenters. The Bertz CT molecular complexity index is 195. The Morgan fingerprint density at radius 3 is 2.78 bits per heavy atom. The lowest BCUT2D eigenvalue weighted by Crippen LogP contribution is -2.03. The standard InChI is InChI=1S/C6H4ClFO/c7-4-1-2-6(9)5(8)3-4/h1-4H. The molecule has 0 aliphatic heterocycles. The molecule has 1 aliphatic carbocycles. The van der Waals surface area contributed by atoms with Gasteiger partial charge in [0.2, 0.25) is 5.78 Å². The second-order valence-electron chi connectivity index (χ2n) is 1.68. The van der Waals surface area contributed by atoms with Crippen LogP contribution in [0.4, 0.5) is 4.39 Å². The molecule has 0 radical (unpaired) electrons. The van der Waals surface area contributed by atoms with Gasteiger partial charge in [0, 0.05) is 0 Å². The number of rotatable bonds is 0. The summed E-state index contributed by atoms with van der Waals surface area (Å²) < 4.78 is 12.2. The summed E-state index contributed by atoms with van der Waals surface area (Å²) in [6, 6.07) is 0. The van der Waals surface area contributed by atoms with E-state index in [9.17, 15) is 9.18 Å². The highest BCUT2D eigenvalue weighted by Crippen LogP contribution is 2.12. The second-order valence-corrected chi connectivity index (χ2v) is 2.19. The van der Waals surface area contributed by atoms with Gasteiger partial charge in [0.25, 0.3) is 0 Å². The Hall–Kier alpha value is -0.630. The Kier molecular flexibility index (Phi) is 1.67. The van der Waals surface area contributed by atoms with Gasteiger partial charge in [0.1, 0.15) is 0 Å². The number of alkyl halides is 1. The third-order valence-electron chi connectivity index (χ3n) is 0.972. The van der Waals surface area contributed by atoms with E-state index in [1.54, 1.807) is 0 Å². The third-order valence-corrected chi connectivity index (χ3v) is 1.24. The van der Waals surface area contributed by atoms with Crippen molar-refractivity contribution in [1.82, 2.24) is 0 Å². The van der Waals surface area contributed by atoms with Crippen LogP contribution in [0, 0.1) is 0 Å². The molecule has 0 aromatic rings.